The third-order valence-corrected chi connectivity index (χ3v) is 6.40. The number of nitrogens with one attached hydrogen (secondary N) is 1. The number of thioether (sulfide) groups is 1. The standard InChI is InChI=1S/C25H21ClN2O3S/c1-15-9-11-20(16(2)13-15)28-24(29)22(27-17-10-12-21(31-3)19(26)14-17)23(25(28)30)32-18-7-5-4-6-8-18/h4-14,27H,1-3H3. The highest BCUT2D eigenvalue weighted by molar-refractivity contribution is 8.04. The Bertz CT molecular complexity index is 1240. The lowest BCUT2D eigenvalue weighted by Gasteiger charge is -2.18. The second-order valence-electron chi connectivity index (χ2n) is 7.33. The first-order chi connectivity index (χ1) is 15.4. The van der Waals surface area contributed by atoms with E-state index in [4.69, 9.17) is 16.3 Å². The first-order valence-corrected chi connectivity index (χ1v) is 11.1. The number of carbonyl (C=O) groups is 2. The van der Waals surface area contributed by atoms with Gasteiger partial charge < -0.3 is 10.1 Å². The lowest BCUT2D eigenvalue weighted by molar-refractivity contribution is -0.120. The molecule has 7 heteroatoms. The molecule has 0 aromatic heterocycles. The molecule has 2 amide bonds. The zero-order valence-corrected chi connectivity index (χ0v) is 19.4. The van der Waals surface area contributed by atoms with E-state index in [0.29, 0.717) is 27.1 Å². The summed E-state index contributed by atoms with van der Waals surface area (Å²) in [6, 6.07) is 20.3. The zero-order chi connectivity index (χ0) is 22.8. The van der Waals surface area contributed by atoms with Crippen LogP contribution in [0.4, 0.5) is 11.4 Å². The van der Waals surface area contributed by atoms with E-state index in [1.165, 1.54) is 23.8 Å². The van der Waals surface area contributed by atoms with Gasteiger partial charge in [-0.05, 0) is 55.8 Å². The molecule has 32 heavy (non-hydrogen) atoms. The zero-order valence-electron chi connectivity index (χ0n) is 17.8. The summed E-state index contributed by atoms with van der Waals surface area (Å²) in [5, 5.41) is 3.52. The molecule has 0 unspecified atom stereocenters. The van der Waals surface area contributed by atoms with E-state index in [9.17, 15) is 9.59 Å². The summed E-state index contributed by atoms with van der Waals surface area (Å²) in [6.45, 7) is 3.86. The number of hydrogen-bond donors (Lipinski definition) is 1. The number of anilines is 2. The lowest BCUT2D eigenvalue weighted by atomic mass is 10.1. The number of halogens is 1. The van der Waals surface area contributed by atoms with Gasteiger partial charge in [0.25, 0.3) is 11.8 Å². The Labute approximate surface area is 196 Å². The van der Waals surface area contributed by atoms with Crippen molar-refractivity contribution in [2.24, 2.45) is 0 Å². The molecule has 1 heterocycles. The lowest BCUT2D eigenvalue weighted by Crippen LogP contribution is -2.33. The van der Waals surface area contributed by atoms with E-state index in [-0.39, 0.29) is 11.6 Å². The van der Waals surface area contributed by atoms with Gasteiger partial charge in [0.1, 0.15) is 16.4 Å². The fourth-order valence-electron chi connectivity index (χ4n) is 3.48. The van der Waals surface area contributed by atoms with Crippen molar-refractivity contribution in [3.8, 4) is 5.75 Å². The first kappa shape index (κ1) is 22.0. The third kappa shape index (κ3) is 4.24. The molecular weight excluding hydrogens is 444 g/mol. The van der Waals surface area contributed by atoms with Gasteiger partial charge in [-0.3, -0.25) is 9.59 Å². The molecule has 4 rings (SSSR count). The highest BCUT2D eigenvalue weighted by atomic mass is 35.5. The minimum Gasteiger partial charge on any atom is -0.495 e. The smallest absolute Gasteiger partial charge is 0.283 e. The number of carbonyl (C=O) groups excluding carboxylic acids is 2. The summed E-state index contributed by atoms with van der Waals surface area (Å²) in [4.78, 5) is 29.4. The highest BCUT2D eigenvalue weighted by Crippen LogP contribution is 2.39. The van der Waals surface area contributed by atoms with Crippen molar-refractivity contribution in [1.82, 2.24) is 0 Å². The molecule has 1 aliphatic heterocycles. The molecule has 162 valence electrons. The van der Waals surface area contributed by atoms with Gasteiger partial charge in [0.2, 0.25) is 0 Å². The van der Waals surface area contributed by atoms with E-state index in [1.54, 1.807) is 24.3 Å². The Kier molecular flexibility index (Phi) is 6.26. The maximum Gasteiger partial charge on any atom is 0.283 e. The fraction of sp³-hybridized carbons (Fsp3) is 0.120. The van der Waals surface area contributed by atoms with E-state index in [2.05, 4.69) is 5.32 Å². The summed E-state index contributed by atoms with van der Waals surface area (Å²) >= 11 is 7.51. The number of amides is 2. The SMILES string of the molecule is COc1ccc(NC2=C(Sc3ccccc3)C(=O)N(c3ccc(C)cc3C)C2=O)cc1Cl. The monoisotopic (exact) mass is 464 g/mol. The quantitative estimate of drug-likeness (QED) is 0.456. The third-order valence-electron chi connectivity index (χ3n) is 5.02. The van der Waals surface area contributed by atoms with Gasteiger partial charge in [-0.2, -0.15) is 0 Å². The van der Waals surface area contributed by atoms with Crippen molar-refractivity contribution < 1.29 is 14.3 Å². The predicted molar refractivity (Wildman–Crippen MR) is 129 cm³/mol. The maximum absolute atomic E-state index is 13.5. The Hall–Kier alpha value is -3.22. The van der Waals surface area contributed by atoms with Gasteiger partial charge in [-0.1, -0.05) is 59.3 Å². The van der Waals surface area contributed by atoms with Crippen molar-refractivity contribution in [2.45, 2.75) is 18.7 Å². The average molecular weight is 465 g/mol. The molecule has 0 aliphatic carbocycles. The molecule has 0 radical (unpaired) electrons. The minimum absolute atomic E-state index is 0.213. The summed E-state index contributed by atoms with van der Waals surface area (Å²) in [5.41, 5.74) is 3.28. The molecular formula is C25H21ClN2O3S. The van der Waals surface area contributed by atoms with E-state index in [1.807, 2.05) is 56.3 Å². The number of aryl methyl sites for hydroxylation is 2. The molecule has 1 N–H and O–H groups in total. The van der Waals surface area contributed by atoms with Crippen molar-refractivity contribution >= 4 is 46.6 Å². The second kappa shape index (κ2) is 9.10. The number of benzene rings is 3. The van der Waals surface area contributed by atoms with Crippen LogP contribution in [0.3, 0.4) is 0 Å². The number of rotatable bonds is 6. The van der Waals surface area contributed by atoms with Gasteiger partial charge in [0.15, 0.2) is 0 Å². The van der Waals surface area contributed by atoms with Crippen LogP contribution in [-0.4, -0.2) is 18.9 Å². The van der Waals surface area contributed by atoms with Crippen molar-refractivity contribution in [3.05, 3.63) is 93.5 Å². The molecule has 0 bridgehead atoms. The van der Waals surface area contributed by atoms with Crippen LogP contribution in [-0.2, 0) is 9.59 Å². The highest BCUT2D eigenvalue weighted by Gasteiger charge is 2.40. The number of imide groups is 1. The molecule has 0 fully saturated rings. The van der Waals surface area contributed by atoms with Gasteiger partial charge in [0.05, 0.1) is 17.8 Å². The molecule has 0 spiro atoms. The van der Waals surface area contributed by atoms with Crippen LogP contribution in [0.15, 0.2) is 82.2 Å². The fourth-order valence-corrected chi connectivity index (χ4v) is 4.69. The average Bonchev–Trinajstić information content (AvgIpc) is 2.99. The van der Waals surface area contributed by atoms with Crippen molar-refractivity contribution in [1.29, 1.82) is 0 Å². The Morgan fingerprint density at radius 2 is 1.69 bits per heavy atom. The number of nitrogens with zero attached hydrogens (tertiary/aromatic N) is 1. The minimum atomic E-state index is -0.410. The molecule has 3 aromatic rings. The van der Waals surface area contributed by atoms with Crippen LogP contribution >= 0.6 is 23.4 Å². The Morgan fingerprint density at radius 1 is 0.938 bits per heavy atom. The number of hydrogen-bond acceptors (Lipinski definition) is 5. The summed E-state index contributed by atoms with van der Waals surface area (Å²) < 4.78 is 5.20. The maximum atomic E-state index is 13.5. The number of methoxy groups -OCH3 is 1. The Balaban J connectivity index is 1.76. The van der Waals surface area contributed by atoms with Crippen molar-refractivity contribution in [2.75, 3.05) is 17.3 Å². The summed E-state index contributed by atoms with van der Waals surface area (Å²) in [6.07, 6.45) is 0. The second-order valence-corrected chi connectivity index (χ2v) is 8.82. The Morgan fingerprint density at radius 3 is 2.34 bits per heavy atom. The van der Waals surface area contributed by atoms with Gasteiger partial charge in [0, 0.05) is 10.6 Å². The van der Waals surface area contributed by atoms with Gasteiger partial charge >= 0.3 is 0 Å². The topological polar surface area (TPSA) is 58.6 Å². The summed E-state index contributed by atoms with van der Waals surface area (Å²) in [7, 11) is 1.53. The van der Waals surface area contributed by atoms with Crippen LogP contribution in [0.25, 0.3) is 0 Å². The van der Waals surface area contributed by atoms with Crippen molar-refractivity contribution in [3.63, 3.8) is 0 Å². The molecule has 0 saturated carbocycles. The van der Waals surface area contributed by atoms with E-state index < -0.39 is 5.91 Å². The van der Waals surface area contributed by atoms with Crippen LogP contribution in [0.2, 0.25) is 5.02 Å². The first-order valence-electron chi connectivity index (χ1n) is 9.93. The van der Waals surface area contributed by atoms with Crippen LogP contribution in [0.5, 0.6) is 5.75 Å². The summed E-state index contributed by atoms with van der Waals surface area (Å²) in [5.74, 6) is -0.249. The van der Waals surface area contributed by atoms with E-state index in [0.717, 1.165) is 16.0 Å². The van der Waals surface area contributed by atoms with Crippen LogP contribution < -0.4 is 15.0 Å². The predicted octanol–water partition coefficient (Wildman–Crippen LogP) is 5.95. The van der Waals surface area contributed by atoms with Crippen LogP contribution in [0, 0.1) is 13.8 Å². The largest absolute Gasteiger partial charge is 0.495 e. The van der Waals surface area contributed by atoms with Gasteiger partial charge in [-0.25, -0.2) is 4.90 Å². The molecule has 3 aromatic carbocycles. The molecule has 0 saturated heterocycles. The van der Waals surface area contributed by atoms with Gasteiger partial charge in [-0.15, -0.1) is 0 Å². The normalized spacial score (nSPS) is 13.7. The van der Waals surface area contributed by atoms with E-state index >= 15 is 0 Å². The molecule has 0 atom stereocenters. The molecule has 1 aliphatic rings. The van der Waals surface area contributed by atoms with Crippen LogP contribution in [0.1, 0.15) is 11.1 Å². The molecule has 5 nitrogen and oxygen atoms in total. The number of ether oxygens (including phenoxy) is 1.